The molecule has 0 aliphatic rings. The second-order valence-corrected chi connectivity index (χ2v) is 3.79. The highest BCUT2D eigenvalue weighted by Crippen LogP contribution is 2.30. The zero-order valence-electron chi connectivity index (χ0n) is 10.8. The molecule has 1 aromatic carbocycles. The number of nitrogens with two attached hydrogens (primary N) is 1. The number of hydrogen-bond donors (Lipinski definition) is 1. The van der Waals surface area contributed by atoms with Crippen molar-refractivity contribution in [3.63, 3.8) is 0 Å². The van der Waals surface area contributed by atoms with Crippen molar-refractivity contribution in [2.45, 2.75) is 19.4 Å². The fourth-order valence-electron chi connectivity index (χ4n) is 1.82. The van der Waals surface area contributed by atoms with Crippen LogP contribution in [-0.4, -0.2) is 27.9 Å². The van der Waals surface area contributed by atoms with Crippen LogP contribution in [0.5, 0.6) is 11.5 Å². The van der Waals surface area contributed by atoms with Crippen molar-refractivity contribution in [3.05, 3.63) is 23.3 Å². The van der Waals surface area contributed by atoms with E-state index in [1.165, 1.54) is 0 Å². The standard InChI is InChI=1S/C13H21NO3/c1-15-9-10-7-11(16-2)8-13(17-3)12(10)5-4-6-14/h7-8H,4-6,9,14H2,1-3H3. The minimum absolute atomic E-state index is 0.549. The molecule has 0 spiro atoms. The Hall–Kier alpha value is -1.26. The normalized spacial score (nSPS) is 10.4. The lowest BCUT2D eigenvalue weighted by atomic mass is 10.0. The first-order valence-corrected chi connectivity index (χ1v) is 5.69. The molecule has 0 amide bonds. The van der Waals surface area contributed by atoms with Crippen LogP contribution < -0.4 is 15.2 Å². The fraction of sp³-hybridized carbons (Fsp3) is 0.538. The molecule has 0 atom stereocenters. The first-order valence-electron chi connectivity index (χ1n) is 5.69. The maximum Gasteiger partial charge on any atom is 0.126 e. The molecular formula is C13H21NO3. The van der Waals surface area contributed by atoms with Crippen LogP contribution in [0.3, 0.4) is 0 Å². The predicted molar refractivity (Wildman–Crippen MR) is 67.6 cm³/mol. The number of ether oxygens (including phenoxy) is 3. The highest BCUT2D eigenvalue weighted by atomic mass is 16.5. The molecule has 0 aromatic heterocycles. The average Bonchev–Trinajstić information content (AvgIpc) is 2.36. The molecule has 4 nitrogen and oxygen atoms in total. The van der Waals surface area contributed by atoms with Gasteiger partial charge in [-0.3, -0.25) is 0 Å². The lowest BCUT2D eigenvalue weighted by molar-refractivity contribution is 0.183. The highest BCUT2D eigenvalue weighted by Gasteiger charge is 2.11. The van der Waals surface area contributed by atoms with Gasteiger partial charge in [0.05, 0.1) is 20.8 Å². The van der Waals surface area contributed by atoms with Gasteiger partial charge < -0.3 is 19.9 Å². The molecule has 0 unspecified atom stereocenters. The Morgan fingerprint density at radius 1 is 1.12 bits per heavy atom. The first-order chi connectivity index (χ1) is 8.26. The highest BCUT2D eigenvalue weighted by molar-refractivity contribution is 5.46. The summed E-state index contributed by atoms with van der Waals surface area (Å²) in [6, 6.07) is 3.88. The molecule has 0 fully saturated rings. The van der Waals surface area contributed by atoms with Gasteiger partial charge in [-0.15, -0.1) is 0 Å². The van der Waals surface area contributed by atoms with E-state index in [2.05, 4.69) is 0 Å². The van der Waals surface area contributed by atoms with Gasteiger partial charge in [-0.1, -0.05) is 0 Å². The molecule has 0 aliphatic heterocycles. The van der Waals surface area contributed by atoms with Gasteiger partial charge in [-0.2, -0.15) is 0 Å². The summed E-state index contributed by atoms with van der Waals surface area (Å²) < 4.78 is 15.8. The summed E-state index contributed by atoms with van der Waals surface area (Å²) in [5, 5.41) is 0. The van der Waals surface area contributed by atoms with Crippen LogP contribution in [0.4, 0.5) is 0 Å². The number of rotatable bonds is 7. The largest absolute Gasteiger partial charge is 0.497 e. The topological polar surface area (TPSA) is 53.7 Å². The third-order valence-corrected chi connectivity index (χ3v) is 2.66. The summed E-state index contributed by atoms with van der Waals surface area (Å²) in [7, 11) is 4.99. The maximum absolute atomic E-state index is 5.55. The minimum Gasteiger partial charge on any atom is -0.497 e. The van der Waals surface area contributed by atoms with E-state index >= 15 is 0 Å². The lowest BCUT2D eigenvalue weighted by Gasteiger charge is -2.15. The van der Waals surface area contributed by atoms with Gasteiger partial charge in [-0.05, 0) is 36.6 Å². The Kier molecular flexibility index (Phi) is 5.80. The van der Waals surface area contributed by atoms with Crippen molar-refractivity contribution < 1.29 is 14.2 Å². The summed E-state index contributed by atoms with van der Waals surface area (Å²) in [5.41, 5.74) is 7.80. The predicted octanol–water partition coefficient (Wildman–Crippen LogP) is 1.74. The minimum atomic E-state index is 0.549. The molecule has 17 heavy (non-hydrogen) atoms. The van der Waals surface area contributed by atoms with Gasteiger partial charge in [0.25, 0.3) is 0 Å². The molecule has 0 saturated heterocycles. The van der Waals surface area contributed by atoms with Crippen LogP contribution in [0.1, 0.15) is 17.5 Å². The molecule has 4 heteroatoms. The summed E-state index contributed by atoms with van der Waals surface area (Å²) in [6.07, 6.45) is 1.82. The van der Waals surface area contributed by atoms with Gasteiger partial charge >= 0.3 is 0 Å². The van der Waals surface area contributed by atoms with E-state index in [4.69, 9.17) is 19.9 Å². The van der Waals surface area contributed by atoms with E-state index in [-0.39, 0.29) is 0 Å². The Morgan fingerprint density at radius 3 is 2.41 bits per heavy atom. The van der Waals surface area contributed by atoms with Gasteiger partial charge in [-0.25, -0.2) is 0 Å². The maximum atomic E-state index is 5.55. The molecule has 1 aromatic rings. The fourth-order valence-corrected chi connectivity index (χ4v) is 1.82. The van der Waals surface area contributed by atoms with Crippen molar-refractivity contribution in [2.75, 3.05) is 27.9 Å². The third-order valence-electron chi connectivity index (χ3n) is 2.66. The Morgan fingerprint density at radius 2 is 1.88 bits per heavy atom. The van der Waals surface area contributed by atoms with Crippen LogP contribution in [0.2, 0.25) is 0 Å². The zero-order chi connectivity index (χ0) is 12.7. The van der Waals surface area contributed by atoms with E-state index in [9.17, 15) is 0 Å². The average molecular weight is 239 g/mol. The van der Waals surface area contributed by atoms with Crippen molar-refractivity contribution in [1.29, 1.82) is 0 Å². The third kappa shape index (κ3) is 3.61. The smallest absolute Gasteiger partial charge is 0.126 e. The monoisotopic (exact) mass is 239 g/mol. The van der Waals surface area contributed by atoms with Gasteiger partial charge in [0, 0.05) is 13.2 Å². The van der Waals surface area contributed by atoms with Crippen molar-refractivity contribution in [2.24, 2.45) is 5.73 Å². The Bertz CT molecular complexity index is 353. The van der Waals surface area contributed by atoms with E-state index in [0.29, 0.717) is 13.2 Å². The van der Waals surface area contributed by atoms with Crippen molar-refractivity contribution in [1.82, 2.24) is 0 Å². The van der Waals surface area contributed by atoms with Crippen LogP contribution in [0, 0.1) is 0 Å². The molecule has 0 aliphatic carbocycles. The number of methoxy groups -OCH3 is 3. The van der Waals surface area contributed by atoms with E-state index in [0.717, 1.165) is 35.5 Å². The molecule has 0 heterocycles. The van der Waals surface area contributed by atoms with E-state index in [1.54, 1.807) is 21.3 Å². The molecule has 0 bridgehead atoms. The second kappa shape index (κ2) is 7.14. The quantitative estimate of drug-likeness (QED) is 0.787. The van der Waals surface area contributed by atoms with Crippen LogP contribution >= 0.6 is 0 Å². The van der Waals surface area contributed by atoms with Gasteiger partial charge in [0.15, 0.2) is 0 Å². The van der Waals surface area contributed by atoms with Crippen molar-refractivity contribution in [3.8, 4) is 11.5 Å². The summed E-state index contributed by atoms with van der Waals surface area (Å²) in [4.78, 5) is 0. The lowest BCUT2D eigenvalue weighted by Crippen LogP contribution is -2.05. The molecule has 0 saturated carbocycles. The first kappa shape index (κ1) is 13.8. The van der Waals surface area contributed by atoms with Gasteiger partial charge in [0.1, 0.15) is 11.5 Å². The van der Waals surface area contributed by atoms with Crippen molar-refractivity contribution >= 4 is 0 Å². The van der Waals surface area contributed by atoms with Crippen LogP contribution in [0.25, 0.3) is 0 Å². The number of benzene rings is 1. The summed E-state index contributed by atoms with van der Waals surface area (Å²) in [5.74, 6) is 1.62. The zero-order valence-corrected chi connectivity index (χ0v) is 10.8. The number of hydrogen-bond acceptors (Lipinski definition) is 4. The Labute approximate surface area is 103 Å². The second-order valence-electron chi connectivity index (χ2n) is 3.79. The Balaban J connectivity index is 3.10. The molecule has 96 valence electrons. The van der Waals surface area contributed by atoms with Crippen LogP contribution in [0.15, 0.2) is 12.1 Å². The molecular weight excluding hydrogens is 218 g/mol. The van der Waals surface area contributed by atoms with Gasteiger partial charge in [0.2, 0.25) is 0 Å². The van der Waals surface area contributed by atoms with Crippen LogP contribution in [-0.2, 0) is 17.8 Å². The summed E-state index contributed by atoms with van der Waals surface area (Å²) >= 11 is 0. The van der Waals surface area contributed by atoms with E-state index < -0.39 is 0 Å². The van der Waals surface area contributed by atoms with E-state index in [1.807, 2.05) is 12.1 Å². The molecule has 1 rings (SSSR count). The SMILES string of the molecule is COCc1cc(OC)cc(OC)c1CCCN. The summed E-state index contributed by atoms with van der Waals surface area (Å²) in [6.45, 7) is 1.22. The molecule has 0 radical (unpaired) electrons. The molecule has 2 N–H and O–H groups in total.